The molecular weight excluding hydrogens is 342 g/mol. The third-order valence-electron chi connectivity index (χ3n) is 3.47. The summed E-state index contributed by atoms with van der Waals surface area (Å²) in [5.41, 5.74) is 0.631. The zero-order chi connectivity index (χ0) is 19.1. The number of furan rings is 1. The highest BCUT2D eigenvalue weighted by Gasteiger charge is 2.16. The second-order valence-corrected chi connectivity index (χ2v) is 5.25. The van der Waals surface area contributed by atoms with Gasteiger partial charge in [0.2, 0.25) is 0 Å². The zero-order valence-electron chi connectivity index (χ0n) is 14.7. The monoisotopic (exact) mass is 361 g/mol. The molecule has 26 heavy (non-hydrogen) atoms. The first-order chi connectivity index (χ1) is 12.4. The van der Waals surface area contributed by atoms with Gasteiger partial charge in [-0.2, -0.15) is 0 Å². The van der Waals surface area contributed by atoms with Gasteiger partial charge in [-0.3, -0.25) is 9.59 Å². The van der Waals surface area contributed by atoms with E-state index in [1.54, 1.807) is 31.2 Å². The number of nitrogens with one attached hydrogen (secondary N) is 1. The largest absolute Gasteiger partial charge is 0.497 e. The molecule has 0 radical (unpaired) electrons. The second-order valence-electron chi connectivity index (χ2n) is 5.25. The van der Waals surface area contributed by atoms with E-state index in [2.05, 4.69) is 10.1 Å². The fourth-order valence-electron chi connectivity index (χ4n) is 2.15. The topological polar surface area (TPSA) is 104 Å². The molecule has 0 spiro atoms. The second kappa shape index (κ2) is 8.70. The number of rotatable bonds is 7. The summed E-state index contributed by atoms with van der Waals surface area (Å²) in [4.78, 5) is 35.3. The minimum absolute atomic E-state index is 0.161. The number of aryl methyl sites for hydroxylation is 1. The van der Waals surface area contributed by atoms with Crippen LogP contribution in [-0.2, 0) is 20.9 Å². The summed E-state index contributed by atoms with van der Waals surface area (Å²) in [7, 11) is 2.76. The van der Waals surface area contributed by atoms with Crippen LogP contribution in [0, 0.1) is 6.92 Å². The summed E-state index contributed by atoms with van der Waals surface area (Å²) in [5.74, 6) is -0.397. The molecule has 0 saturated heterocycles. The summed E-state index contributed by atoms with van der Waals surface area (Å²) in [6.07, 6.45) is 0. The van der Waals surface area contributed by atoms with Crippen molar-refractivity contribution in [1.29, 1.82) is 0 Å². The summed E-state index contributed by atoms with van der Waals surface area (Å²) in [5, 5.41) is 2.46. The van der Waals surface area contributed by atoms with Crippen molar-refractivity contribution in [2.45, 2.75) is 13.5 Å². The standard InChI is InChI=1S/C18H19NO7/c1-11-15(18(22)24-3)8-14(26-11)10-25-16(20)9-19-17(21)12-5-4-6-13(7-12)23-2/h4-8H,9-10H2,1-3H3,(H,19,21). The molecule has 1 aromatic heterocycles. The Hall–Kier alpha value is -3.29. The molecule has 0 unspecified atom stereocenters. The lowest BCUT2D eigenvalue weighted by Crippen LogP contribution is -2.30. The van der Waals surface area contributed by atoms with E-state index in [-0.39, 0.29) is 18.7 Å². The Balaban J connectivity index is 1.83. The number of carbonyl (C=O) groups is 3. The number of hydrogen-bond acceptors (Lipinski definition) is 7. The van der Waals surface area contributed by atoms with Crippen LogP contribution in [0.4, 0.5) is 0 Å². The molecule has 0 fully saturated rings. The van der Waals surface area contributed by atoms with Gasteiger partial charge in [0, 0.05) is 5.56 Å². The molecule has 0 aliphatic carbocycles. The third-order valence-corrected chi connectivity index (χ3v) is 3.47. The molecule has 0 saturated carbocycles. The predicted molar refractivity (Wildman–Crippen MR) is 89.9 cm³/mol. The van der Waals surface area contributed by atoms with Gasteiger partial charge in [0.25, 0.3) is 5.91 Å². The van der Waals surface area contributed by atoms with E-state index in [0.29, 0.717) is 22.8 Å². The first-order valence-corrected chi connectivity index (χ1v) is 7.70. The first-order valence-electron chi connectivity index (χ1n) is 7.70. The van der Waals surface area contributed by atoms with Gasteiger partial charge in [0.05, 0.1) is 14.2 Å². The molecule has 0 aliphatic heterocycles. The van der Waals surface area contributed by atoms with E-state index >= 15 is 0 Å². The van der Waals surface area contributed by atoms with Crippen molar-refractivity contribution in [1.82, 2.24) is 5.32 Å². The summed E-state index contributed by atoms with van der Waals surface area (Å²) < 4.78 is 20.0. The predicted octanol–water partition coefficient (Wildman–Crippen LogP) is 1.86. The molecule has 8 heteroatoms. The van der Waals surface area contributed by atoms with Crippen LogP contribution < -0.4 is 10.1 Å². The lowest BCUT2D eigenvalue weighted by Gasteiger charge is -2.06. The van der Waals surface area contributed by atoms with E-state index in [1.165, 1.54) is 20.3 Å². The van der Waals surface area contributed by atoms with Crippen LogP contribution in [-0.4, -0.2) is 38.6 Å². The molecule has 2 rings (SSSR count). The normalized spacial score (nSPS) is 10.1. The van der Waals surface area contributed by atoms with Gasteiger partial charge < -0.3 is 23.9 Å². The smallest absolute Gasteiger partial charge is 0.341 e. The molecule has 1 N–H and O–H groups in total. The molecule has 138 valence electrons. The maximum absolute atomic E-state index is 12.0. The lowest BCUT2D eigenvalue weighted by atomic mass is 10.2. The number of benzene rings is 1. The minimum Gasteiger partial charge on any atom is -0.497 e. The maximum Gasteiger partial charge on any atom is 0.341 e. The van der Waals surface area contributed by atoms with E-state index in [1.807, 2.05) is 0 Å². The first kappa shape index (κ1) is 19.0. The Kier molecular flexibility index (Phi) is 6.37. The average molecular weight is 361 g/mol. The van der Waals surface area contributed by atoms with Crippen LogP contribution in [0.15, 0.2) is 34.7 Å². The molecular formula is C18H19NO7. The highest BCUT2D eigenvalue weighted by molar-refractivity contribution is 5.96. The average Bonchev–Trinajstić information content (AvgIpc) is 3.04. The van der Waals surface area contributed by atoms with Gasteiger partial charge in [-0.25, -0.2) is 4.79 Å². The Labute approximate surface area is 150 Å². The van der Waals surface area contributed by atoms with Crippen molar-refractivity contribution in [3.05, 3.63) is 53.0 Å². The number of esters is 2. The van der Waals surface area contributed by atoms with Crippen molar-refractivity contribution in [2.24, 2.45) is 0 Å². The fraction of sp³-hybridized carbons (Fsp3) is 0.278. The van der Waals surface area contributed by atoms with Gasteiger partial charge in [-0.05, 0) is 31.2 Å². The van der Waals surface area contributed by atoms with E-state index in [9.17, 15) is 14.4 Å². The summed E-state index contributed by atoms with van der Waals surface area (Å²) in [6, 6.07) is 7.98. The third kappa shape index (κ3) is 4.85. The van der Waals surface area contributed by atoms with Gasteiger partial charge in [0.1, 0.15) is 36.0 Å². The van der Waals surface area contributed by atoms with E-state index in [4.69, 9.17) is 13.9 Å². The van der Waals surface area contributed by atoms with Crippen molar-refractivity contribution in [3.8, 4) is 5.75 Å². The number of hydrogen-bond donors (Lipinski definition) is 1. The number of ether oxygens (including phenoxy) is 3. The van der Waals surface area contributed by atoms with Crippen molar-refractivity contribution >= 4 is 17.8 Å². The van der Waals surface area contributed by atoms with Crippen LogP contribution in [0.1, 0.15) is 32.2 Å². The van der Waals surface area contributed by atoms with Crippen LogP contribution in [0.25, 0.3) is 0 Å². The fourth-order valence-corrected chi connectivity index (χ4v) is 2.15. The Morgan fingerprint density at radius 2 is 1.92 bits per heavy atom. The number of amides is 1. The van der Waals surface area contributed by atoms with Crippen LogP contribution in [0.5, 0.6) is 5.75 Å². The highest BCUT2D eigenvalue weighted by Crippen LogP contribution is 2.16. The zero-order valence-corrected chi connectivity index (χ0v) is 14.7. The number of carbonyl (C=O) groups excluding carboxylic acids is 3. The SMILES string of the molecule is COC(=O)c1cc(COC(=O)CNC(=O)c2cccc(OC)c2)oc1C. The van der Waals surface area contributed by atoms with Crippen molar-refractivity contribution < 1.29 is 33.0 Å². The molecule has 1 amide bonds. The number of methoxy groups -OCH3 is 2. The molecule has 1 heterocycles. The van der Waals surface area contributed by atoms with Crippen LogP contribution in [0.2, 0.25) is 0 Å². The Bertz CT molecular complexity index is 810. The van der Waals surface area contributed by atoms with Gasteiger partial charge in [-0.1, -0.05) is 6.07 Å². The molecule has 1 aromatic carbocycles. The summed E-state index contributed by atoms with van der Waals surface area (Å²) in [6.45, 7) is 1.14. The quantitative estimate of drug-likeness (QED) is 0.751. The molecule has 2 aromatic rings. The molecule has 0 bridgehead atoms. The summed E-state index contributed by atoms with van der Waals surface area (Å²) >= 11 is 0. The van der Waals surface area contributed by atoms with Crippen molar-refractivity contribution in [3.63, 3.8) is 0 Å². The molecule has 0 aliphatic rings. The van der Waals surface area contributed by atoms with Crippen LogP contribution >= 0.6 is 0 Å². The van der Waals surface area contributed by atoms with Crippen LogP contribution in [0.3, 0.4) is 0 Å². The Morgan fingerprint density at radius 1 is 1.15 bits per heavy atom. The maximum atomic E-state index is 12.0. The van der Waals surface area contributed by atoms with Crippen molar-refractivity contribution in [2.75, 3.05) is 20.8 Å². The Morgan fingerprint density at radius 3 is 2.62 bits per heavy atom. The lowest BCUT2D eigenvalue weighted by molar-refractivity contribution is -0.144. The van der Waals surface area contributed by atoms with Gasteiger partial charge in [0.15, 0.2) is 0 Å². The minimum atomic E-state index is -0.644. The highest BCUT2D eigenvalue weighted by atomic mass is 16.5. The van der Waals surface area contributed by atoms with E-state index < -0.39 is 17.8 Å². The molecule has 0 atom stereocenters. The molecule has 8 nitrogen and oxygen atoms in total. The van der Waals surface area contributed by atoms with Gasteiger partial charge >= 0.3 is 11.9 Å². The van der Waals surface area contributed by atoms with Gasteiger partial charge in [-0.15, -0.1) is 0 Å². The van der Waals surface area contributed by atoms with E-state index in [0.717, 1.165) is 0 Å².